The second-order valence-electron chi connectivity index (χ2n) is 14.0. The number of carbonyl (C=O) groups excluding carboxylic acids is 4. The maximum atomic E-state index is 14.8. The first-order chi connectivity index (χ1) is 23.1. The highest BCUT2D eigenvalue weighted by atomic mass is 16.6. The maximum absolute atomic E-state index is 14.8. The van der Waals surface area contributed by atoms with Gasteiger partial charge in [0.15, 0.2) is 0 Å². The van der Waals surface area contributed by atoms with Gasteiger partial charge in [-0.15, -0.1) is 13.2 Å². The third-order valence-corrected chi connectivity index (χ3v) is 11.3. The number of aliphatic hydroxyl groups excluding tert-OH is 1. The van der Waals surface area contributed by atoms with Crippen LogP contribution in [0.25, 0.3) is 0 Å². The molecule has 262 valence electrons. The lowest BCUT2D eigenvalue weighted by Gasteiger charge is -2.42. The van der Waals surface area contributed by atoms with Gasteiger partial charge >= 0.3 is 5.97 Å². The maximum Gasteiger partial charge on any atom is 0.313 e. The van der Waals surface area contributed by atoms with E-state index >= 15 is 0 Å². The summed E-state index contributed by atoms with van der Waals surface area (Å²) in [6, 6.07) is 7.26. The molecule has 4 fully saturated rings. The van der Waals surface area contributed by atoms with E-state index in [4.69, 9.17) is 9.47 Å². The van der Waals surface area contributed by atoms with Gasteiger partial charge in [0, 0.05) is 26.1 Å². The molecule has 3 saturated heterocycles. The first-order valence-electron chi connectivity index (χ1n) is 17.8. The molecular weight excluding hydrogens is 610 g/mol. The van der Waals surface area contributed by atoms with Crippen LogP contribution in [0.5, 0.6) is 0 Å². The number of likely N-dealkylation sites (tertiary alicyclic amines) is 1. The second-order valence-corrected chi connectivity index (χ2v) is 14.0. The molecule has 0 unspecified atom stereocenters. The zero-order valence-corrected chi connectivity index (χ0v) is 28.8. The first kappa shape index (κ1) is 35.8. The lowest BCUT2D eigenvalue weighted by Crippen LogP contribution is -2.60. The summed E-state index contributed by atoms with van der Waals surface area (Å²) < 4.78 is 13.0. The smallest absolute Gasteiger partial charge is 0.313 e. The molecule has 8 atom stereocenters. The van der Waals surface area contributed by atoms with E-state index in [2.05, 4.69) is 13.2 Å². The van der Waals surface area contributed by atoms with Crippen LogP contribution in [-0.4, -0.2) is 99.6 Å². The lowest BCUT2D eigenvalue weighted by molar-refractivity contribution is -0.165. The molecule has 10 heteroatoms. The summed E-state index contributed by atoms with van der Waals surface area (Å²) in [5.74, 6) is -3.07. The fourth-order valence-electron chi connectivity index (χ4n) is 8.68. The van der Waals surface area contributed by atoms with E-state index in [1.807, 2.05) is 49.1 Å². The van der Waals surface area contributed by atoms with Gasteiger partial charge in [-0.3, -0.25) is 19.2 Å². The average molecular weight is 664 g/mol. The second kappa shape index (κ2) is 15.4. The molecule has 0 radical (unpaired) electrons. The predicted octanol–water partition coefficient (Wildman–Crippen LogP) is 4.58. The summed E-state index contributed by atoms with van der Waals surface area (Å²) in [5.41, 5.74) is -0.475. The van der Waals surface area contributed by atoms with E-state index < -0.39 is 53.7 Å². The lowest BCUT2D eigenvalue weighted by atomic mass is 9.70. The van der Waals surface area contributed by atoms with Gasteiger partial charge in [0.2, 0.25) is 17.7 Å². The van der Waals surface area contributed by atoms with Gasteiger partial charge in [-0.2, -0.15) is 0 Å². The van der Waals surface area contributed by atoms with Crippen LogP contribution in [0.4, 0.5) is 0 Å². The third-order valence-electron chi connectivity index (χ3n) is 11.3. The molecule has 4 aliphatic rings. The molecule has 48 heavy (non-hydrogen) atoms. The molecule has 1 aromatic rings. The molecule has 3 amide bonds. The summed E-state index contributed by atoms with van der Waals surface area (Å²) in [4.78, 5) is 61.7. The van der Waals surface area contributed by atoms with Gasteiger partial charge in [0.05, 0.1) is 36.6 Å². The van der Waals surface area contributed by atoms with Crippen LogP contribution in [0, 0.1) is 11.8 Å². The zero-order chi connectivity index (χ0) is 34.6. The normalized spacial score (nSPS) is 28.3. The number of ether oxygens (including phenoxy) is 2. The number of hydrogen-bond donors (Lipinski definition) is 1. The minimum Gasteiger partial charge on any atom is -0.455 e. The van der Waals surface area contributed by atoms with E-state index in [9.17, 15) is 24.3 Å². The highest BCUT2D eigenvalue weighted by Crippen LogP contribution is 2.59. The zero-order valence-electron chi connectivity index (χ0n) is 28.8. The Balaban J connectivity index is 1.48. The number of rotatable bonds is 15. The van der Waals surface area contributed by atoms with Crippen LogP contribution in [0.3, 0.4) is 0 Å². The Morgan fingerprint density at radius 2 is 1.83 bits per heavy atom. The molecule has 0 aromatic heterocycles. The highest BCUT2D eigenvalue weighted by molar-refractivity contribution is 5.98. The van der Waals surface area contributed by atoms with Gasteiger partial charge in [-0.25, -0.2) is 0 Å². The van der Waals surface area contributed by atoms with Crippen LogP contribution in [0.2, 0.25) is 0 Å². The van der Waals surface area contributed by atoms with E-state index in [0.29, 0.717) is 32.2 Å². The number of hydrogen-bond acceptors (Lipinski definition) is 7. The van der Waals surface area contributed by atoms with Gasteiger partial charge in [0.1, 0.15) is 17.7 Å². The minimum absolute atomic E-state index is 0.0320. The third kappa shape index (κ3) is 6.45. The van der Waals surface area contributed by atoms with Crippen LogP contribution in [0.1, 0.15) is 89.7 Å². The number of carbonyl (C=O) groups is 4. The number of esters is 1. The summed E-state index contributed by atoms with van der Waals surface area (Å²) in [6.45, 7) is 11.4. The van der Waals surface area contributed by atoms with Crippen molar-refractivity contribution >= 4 is 23.7 Å². The number of aliphatic hydroxyl groups is 1. The molecule has 10 nitrogen and oxygen atoms in total. The van der Waals surface area contributed by atoms with Crippen molar-refractivity contribution in [3.05, 3.63) is 61.2 Å². The number of benzene rings is 1. The van der Waals surface area contributed by atoms with Crippen molar-refractivity contribution < 1.29 is 33.8 Å². The van der Waals surface area contributed by atoms with E-state index in [0.717, 1.165) is 37.7 Å². The molecule has 2 bridgehead atoms. The Morgan fingerprint density at radius 1 is 1.12 bits per heavy atom. The highest BCUT2D eigenvalue weighted by Gasteiger charge is 2.75. The number of allylic oxidation sites excluding steroid dienone is 1. The van der Waals surface area contributed by atoms with Gasteiger partial charge < -0.3 is 29.3 Å². The first-order valence-corrected chi connectivity index (χ1v) is 17.8. The molecule has 3 heterocycles. The topological polar surface area (TPSA) is 117 Å². The van der Waals surface area contributed by atoms with Crippen molar-refractivity contribution in [2.45, 2.75) is 120 Å². The van der Waals surface area contributed by atoms with E-state index in [1.165, 1.54) is 4.90 Å². The molecule has 1 aromatic carbocycles. The Bertz CT molecular complexity index is 1340. The Labute approximate surface area is 285 Å². The van der Waals surface area contributed by atoms with Crippen LogP contribution < -0.4 is 0 Å². The van der Waals surface area contributed by atoms with Gasteiger partial charge in [-0.05, 0) is 51.0 Å². The number of nitrogens with zero attached hydrogens (tertiary/aromatic N) is 3. The summed E-state index contributed by atoms with van der Waals surface area (Å²) in [6.07, 6.45) is 9.23. The predicted molar refractivity (Wildman–Crippen MR) is 181 cm³/mol. The molecule has 1 saturated carbocycles. The van der Waals surface area contributed by atoms with Crippen molar-refractivity contribution in [2.24, 2.45) is 11.8 Å². The summed E-state index contributed by atoms with van der Waals surface area (Å²) >= 11 is 0. The van der Waals surface area contributed by atoms with Crippen molar-refractivity contribution in [3.8, 4) is 0 Å². The Morgan fingerprint density at radius 3 is 2.46 bits per heavy atom. The molecule has 5 rings (SSSR count). The monoisotopic (exact) mass is 663 g/mol. The number of amides is 3. The fourth-order valence-corrected chi connectivity index (χ4v) is 8.68. The largest absolute Gasteiger partial charge is 0.455 e. The Hall–Kier alpha value is -3.50. The Kier molecular flexibility index (Phi) is 11.5. The van der Waals surface area contributed by atoms with Crippen LogP contribution in [0.15, 0.2) is 55.6 Å². The van der Waals surface area contributed by atoms with Crippen LogP contribution in [-0.2, 0) is 28.7 Å². The van der Waals surface area contributed by atoms with Crippen LogP contribution >= 0.6 is 0 Å². The molecule has 3 aliphatic heterocycles. The standard InChI is InChI=1S/C38H53N3O7/c1-6-9-20-30(43)39(5)25(4)33(26-16-12-10-13-17-26)47-37(46)31-29-21-22-38(48-29)32(31)35(44)41(27(8-3)24-42)34(38)36(45)40(23-7-2)28-18-14-11-15-19-28/h6-7,10,12-13,16-17,25,27-29,31-34,42H,1-2,8-9,11,14-15,18-24H2,3-5H3/t25-,27-,29-,31+,32+,33+,34-,38+/m0/s1. The molecule has 1 spiro atoms. The van der Waals surface area contributed by atoms with E-state index in [1.54, 1.807) is 24.1 Å². The SMILES string of the molecule is C=CCCC(=O)N(C)[C@@H](C)[C@@H](OC(=O)[C@@H]1[C@@H]2CC[C@]3(O2)[C@H](C(=O)N(CC=C)C2CCCCC2)N([C@@H](CC)CO)C(=O)[C@@H]13)c1ccccc1. The summed E-state index contributed by atoms with van der Waals surface area (Å²) in [7, 11) is 1.70. The van der Waals surface area contributed by atoms with Gasteiger partial charge in [-0.1, -0.05) is 68.7 Å². The fraction of sp³-hybridized carbons (Fsp3) is 0.632. The molecular formula is C38H53N3O7. The quantitative estimate of drug-likeness (QED) is 0.216. The average Bonchev–Trinajstić information content (AvgIpc) is 3.76. The minimum atomic E-state index is -1.20. The van der Waals surface area contributed by atoms with Crippen molar-refractivity contribution in [3.63, 3.8) is 0 Å². The molecule has 1 aliphatic carbocycles. The van der Waals surface area contributed by atoms with Crippen molar-refractivity contribution in [2.75, 3.05) is 20.2 Å². The molecule has 1 N–H and O–H groups in total. The van der Waals surface area contributed by atoms with Crippen molar-refractivity contribution in [1.82, 2.24) is 14.7 Å². The summed E-state index contributed by atoms with van der Waals surface area (Å²) in [5, 5.41) is 10.5. The number of fused-ring (bicyclic) bond motifs is 1. The number of likely N-dealkylation sites (N-methyl/N-ethyl adjacent to an activating group) is 1. The van der Waals surface area contributed by atoms with Crippen molar-refractivity contribution in [1.29, 1.82) is 0 Å². The van der Waals surface area contributed by atoms with E-state index in [-0.39, 0.29) is 36.8 Å². The van der Waals surface area contributed by atoms with Gasteiger partial charge in [0.25, 0.3) is 0 Å².